The van der Waals surface area contributed by atoms with Gasteiger partial charge in [0.25, 0.3) is 10.0 Å². The molecule has 0 spiro atoms. The van der Waals surface area contributed by atoms with E-state index < -0.39 is 10.0 Å². The summed E-state index contributed by atoms with van der Waals surface area (Å²) in [6.07, 6.45) is 2.90. The zero-order valence-corrected chi connectivity index (χ0v) is 16.7. The lowest BCUT2D eigenvalue weighted by Gasteiger charge is -2.09. The number of carbonyl (C=O) groups excluding carboxylic acids is 1. The molecule has 29 heavy (non-hydrogen) atoms. The third-order valence-electron chi connectivity index (χ3n) is 3.93. The van der Waals surface area contributed by atoms with Crippen molar-refractivity contribution in [2.24, 2.45) is 0 Å². The zero-order valence-electron chi connectivity index (χ0n) is 15.9. The predicted octanol–water partition coefficient (Wildman–Crippen LogP) is 4.05. The summed E-state index contributed by atoms with van der Waals surface area (Å²) in [5, 5.41) is 2.66. The Hall–Kier alpha value is -3.52. The van der Waals surface area contributed by atoms with Crippen molar-refractivity contribution in [1.82, 2.24) is 0 Å². The fourth-order valence-electron chi connectivity index (χ4n) is 2.48. The Morgan fingerprint density at radius 2 is 1.62 bits per heavy atom. The first-order chi connectivity index (χ1) is 13.9. The maximum atomic E-state index is 12.5. The van der Waals surface area contributed by atoms with Crippen molar-refractivity contribution in [3.63, 3.8) is 0 Å². The Labute approximate surface area is 169 Å². The average molecular weight is 412 g/mol. The van der Waals surface area contributed by atoms with Crippen molar-refractivity contribution in [2.45, 2.75) is 11.8 Å². The monoisotopic (exact) mass is 412 g/mol. The minimum Gasteiger partial charge on any atom is -0.497 e. The summed E-state index contributed by atoms with van der Waals surface area (Å²) in [7, 11) is -2.22. The molecule has 0 fully saturated rings. The Morgan fingerprint density at radius 3 is 2.21 bits per heavy atom. The van der Waals surface area contributed by atoms with E-state index in [2.05, 4.69) is 10.0 Å². The zero-order chi connectivity index (χ0) is 20.9. The van der Waals surface area contributed by atoms with Gasteiger partial charge in [-0.3, -0.25) is 9.52 Å². The molecule has 0 unspecified atom stereocenters. The van der Waals surface area contributed by atoms with Crippen LogP contribution in [0.2, 0.25) is 0 Å². The van der Waals surface area contributed by atoms with Crippen molar-refractivity contribution < 1.29 is 22.4 Å². The number of ether oxygens (including phenoxy) is 1. The Kier molecular flexibility index (Phi) is 6.04. The average Bonchev–Trinajstić information content (AvgIpc) is 3.12. The first-order valence-corrected chi connectivity index (χ1v) is 10.2. The number of hydrogen-bond donors (Lipinski definition) is 2. The van der Waals surface area contributed by atoms with Crippen molar-refractivity contribution >= 4 is 33.4 Å². The number of amides is 1. The van der Waals surface area contributed by atoms with Gasteiger partial charge in [-0.05, 0) is 73.7 Å². The third kappa shape index (κ3) is 5.49. The number of rotatable bonds is 7. The van der Waals surface area contributed by atoms with E-state index in [1.54, 1.807) is 42.5 Å². The second kappa shape index (κ2) is 8.66. The van der Waals surface area contributed by atoms with E-state index in [0.29, 0.717) is 22.9 Å². The van der Waals surface area contributed by atoms with Gasteiger partial charge in [0.2, 0.25) is 5.91 Å². The van der Waals surface area contributed by atoms with Gasteiger partial charge >= 0.3 is 0 Å². The van der Waals surface area contributed by atoms with Gasteiger partial charge in [-0.1, -0.05) is 0 Å². The summed E-state index contributed by atoms with van der Waals surface area (Å²) in [4.78, 5) is 12.1. The van der Waals surface area contributed by atoms with E-state index in [-0.39, 0.29) is 10.8 Å². The number of sulfonamides is 1. The molecule has 1 heterocycles. The second-order valence-electron chi connectivity index (χ2n) is 6.13. The standard InChI is InChI=1S/C21H20N2O5S/c1-15-3-8-19(28-15)11-14-21(24)22-16-6-12-20(13-7-16)29(25,26)23-17-4-9-18(27-2)10-5-17/h3-14,23H,1-2H3,(H,22,24). The van der Waals surface area contributed by atoms with Gasteiger partial charge in [0.05, 0.1) is 12.0 Å². The number of furan rings is 1. The summed E-state index contributed by atoms with van der Waals surface area (Å²) in [6.45, 7) is 1.82. The molecule has 0 aliphatic carbocycles. The summed E-state index contributed by atoms with van der Waals surface area (Å²) in [6, 6.07) is 16.0. The molecular weight excluding hydrogens is 392 g/mol. The van der Waals surface area contributed by atoms with Crippen LogP contribution in [0.25, 0.3) is 6.08 Å². The molecule has 0 saturated heterocycles. The smallest absolute Gasteiger partial charge is 0.261 e. The van der Waals surface area contributed by atoms with Crippen LogP contribution in [0.5, 0.6) is 5.75 Å². The maximum absolute atomic E-state index is 12.5. The van der Waals surface area contributed by atoms with E-state index in [1.165, 1.54) is 37.5 Å². The van der Waals surface area contributed by atoms with Crippen molar-refractivity contribution in [2.75, 3.05) is 17.1 Å². The topological polar surface area (TPSA) is 97.6 Å². The molecule has 150 valence electrons. The molecule has 1 amide bonds. The molecular formula is C21H20N2O5S. The minimum atomic E-state index is -3.75. The van der Waals surface area contributed by atoms with E-state index in [0.717, 1.165) is 5.76 Å². The molecule has 3 aromatic rings. The molecule has 2 aromatic carbocycles. The fraction of sp³-hybridized carbons (Fsp3) is 0.0952. The van der Waals surface area contributed by atoms with Crippen LogP contribution in [-0.4, -0.2) is 21.4 Å². The maximum Gasteiger partial charge on any atom is 0.261 e. The highest BCUT2D eigenvalue weighted by atomic mass is 32.2. The Morgan fingerprint density at radius 1 is 0.966 bits per heavy atom. The molecule has 0 saturated carbocycles. The summed E-state index contributed by atoms with van der Waals surface area (Å²) < 4.78 is 37.9. The summed E-state index contributed by atoms with van der Waals surface area (Å²) in [5.41, 5.74) is 0.889. The SMILES string of the molecule is COc1ccc(NS(=O)(=O)c2ccc(NC(=O)C=Cc3ccc(C)o3)cc2)cc1. The van der Waals surface area contributed by atoms with Crippen molar-refractivity contribution in [3.05, 3.63) is 78.3 Å². The number of carbonyl (C=O) groups is 1. The van der Waals surface area contributed by atoms with Crippen LogP contribution in [0.3, 0.4) is 0 Å². The second-order valence-corrected chi connectivity index (χ2v) is 7.81. The molecule has 8 heteroatoms. The highest BCUT2D eigenvalue weighted by Crippen LogP contribution is 2.20. The van der Waals surface area contributed by atoms with E-state index >= 15 is 0 Å². The molecule has 3 rings (SSSR count). The minimum absolute atomic E-state index is 0.0768. The van der Waals surface area contributed by atoms with Crippen LogP contribution in [0, 0.1) is 6.92 Å². The third-order valence-corrected chi connectivity index (χ3v) is 5.33. The molecule has 0 atom stereocenters. The summed E-state index contributed by atoms with van der Waals surface area (Å²) >= 11 is 0. The summed E-state index contributed by atoms with van der Waals surface area (Å²) in [5.74, 6) is 1.60. The van der Waals surface area contributed by atoms with Crippen LogP contribution in [-0.2, 0) is 14.8 Å². The van der Waals surface area contributed by atoms with Gasteiger partial charge < -0.3 is 14.5 Å². The van der Waals surface area contributed by atoms with Crippen LogP contribution >= 0.6 is 0 Å². The van der Waals surface area contributed by atoms with Gasteiger partial charge in [0, 0.05) is 17.5 Å². The predicted molar refractivity (Wildman–Crippen MR) is 111 cm³/mol. The number of benzene rings is 2. The fourth-order valence-corrected chi connectivity index (χ4v) is 3.53. The quantitative estimate of drug-likeness (QED) is 0.571. The number of methoxy groups -OCH3 is 1. The van der Waals surface area contributed by atoms with E-state index in [1.807, 2.05) is 6.92 Å². The van der Waals surface area contributed by atoms with Crippen molar-refractivity contribution in [1.29, 1.82) is 0 Å². The van der Waals surface area contributed by atoms with Crippen LogP contribution in [0.4, 0.5) is 11.4 Å². The molecule has 0 aliphatic heterocycles. The molecule has 2 N–H and O–H groups in total. The van der Waals surface area contributed by atoms with Crippen LogP contribution in [0.15, 0.2) is 76.1 Å². The van der Waals surface area contributed by atoms with Gasteiger partial charge in [-0.25, -0.2) is 8.42 Å². The number of hydrogen-bond acceptors (Lipinski definition) is 5. The molecule has 7 nitrogen and oxygen atoms in total. The number of aryl methyl sites for hydroxylation is 1. The molecule has 1 aromatic heterocycles. The van der Waals surface area contributed by atoms with Gasteiger partial charge in [0.15, 0.2) is 0 Å². The van der Waals surface area contributed by atoms with Gasteiger partial charge in [-0.15, -0.1) is 0 Å². The largest absolute Gasteiger partial charge is 0.497 e. The normalized spacial score (nSPS) is 11.4. The Bertz CT molecular complexity index is 1110. The first-order valence-electron chi connectivity index (χ1n) is 8.68. The lowest BCUT2D eigenvalue weighted by Crippen LogP contribution is -2.13. The highest BCUT2D eigenvalue weighted by Gasteiger charge is 2.14. The van der Waals surface area contributed by atoms with E-state index in [4.69, 9.17) is 9.15 Å². The Balaban J connectivity index is 1.63. The van der Waals surface area contributed by atoms with Crippen LogP contribution < -0.4 is 14.8 Å². The van der Waals surface area contributed by atoms with Crippen LogP contribution in [0.1, 0.15) is 11.5 Å². The number of nitrogens with one attached hydrogen (secondary N) is 2. The van der Waals surface area contributed by atoms with Gasteiger partial charge in [-0.2, -0.15) is 0 Å². The molecule has 0 bridgehead atoms. The molecule has 0 aliphatic rings. The number of anilines is 2. The lowest BCUT2D eigenvalue weighted by molar-refractivity contribution is -0.111. The van der Waals surface area contributed by atoms with Crippen molar-refractivity contribution in [3.8, 4) is 5.75 Å². The van der Waals surface area contributed by atoms with Gasteiger partial charge in [0.1, 0.15) is 17.3 Å². The first kappa shape index (κ1) is 20.2. The van der Waals surface area contributed by atoms with E-state index in [9.17, 15) is 13.2 Å². The molecule has 0 radical (unpaired) electrons. The highest BCUT2D eigenvalue weighted by molar-refractivity contribution is 7.92. The lowest BCUT2D eigenvalue weighted by atomic mass is 10.3.